The molecule has 1 aliphatic rings. The van der Waals surface area contributed by atoms with Crippen LogP contribution in [0.4, 0.5) is 0 Å². The molecule has 1 amide bonds. The Kier molecular flexibility index (Phi) is 6.94. The molecule has 0 bridgehead atoms. The third kappa shape index (κ3) is 5.29. The minimum atomic E-state index is -0.107. The van der Waals surface area contributed by atoms with Crippen molar-refractivity contribution in [2.24, 2.45) is 0 Å². The molecule has 1 aliphatic heterocycles. The number of nitrogens with one attached hydrogen (secondary N) is 1. The second-order valence-electron chi connectivity index (χ2n) is 9.13. The molecule has 1 atom stereocenters. The van der Waals surface area contributed by atoms with Crippen LogP contribution >= 0.6 is 0 Å². The number of aromatic nitrogens is 2. The molecule has 0 radical (unpaired) electrons. The van der Waals surface area contributed by atoms with E-state index in [0.29, 0.717) is 18.2 Å². The number of benzene rings is 3. The zero-order chi connectivity index (χ0) is 24.0. The minimum Gasteiger partial charge on any atom is -0.497 e. The molecule has 1 aromatic heterocycles. The number of imidazole rings is 1. The van der Waals surface area contributed by atoms with Crippen LogP contribution in [0.5, 0.6) is 5.75 Å². The third-order valence-electron chi connectivity index (χ3n) is 6.91. The summed E-state index contributed by atoms with van der Waals surface area (Å²) in [5.41, 5.74) is 4.29. The maximum absolute atomic E-state index is 12.9. The summed E-state index contributed by atoms with van der Waals surface area (Å²) < 4.78 is 7.53. The Morgan fingerprint density at radius 2 is 1.74 bits per heavy atom. The van der Waals surface area contributed by atoms with Crippen molar-refractivity contribution in [1.29, 1.82) is 0 Å². The smallest absolute Gasteiger partial charge is 0.271 e. The lowest BCUT2D eigenvalue weighted by Crippen LogP contribution is -2.26. The lowest BCUT2D eigenvalue weighted by Gasteiger charge is -2.24. The van der Waals surface area contributed by atoms with Gasteiger partial charge >= 0.3 is 0 Å². The van der Waals surface area contributed by atoms with Crippen molar-refractivity contribution in [3.05, 3.63) is 119 Å². The molecule has 0 aliphatic carbocycles. The number of rotatable bonds is 8. The normalized spacial score (nSPS) is 15.0. The van der Waals surface area contributed by atoms with E-state index in [2.05, 4.69) is 75.5 Å². The highest BCUT2D eigenvalue weighted by Crippen LogP contribution is 2.31. The summed E-state index contributed by atoms with van der Waals surface area (Å²) in [6.45, 7) is 1.41. The quantitative estimate of drug-likeness (QED) is 0.370. The van der Waals surface area contributed by atoms with Gasteiger partial charge in [0.1, 0.15) is 17.3 Å². The zero-order valence-corrected chi connectivity index (χ0v) is 20.1. The first-order chi connectivity index (χ1) is 17.2. The molecule has 4 aromatic rings. The van der Waals surface area contributed by atoms with Crippen LogP contribution in [0.2, 0.25) is 0 Å². The van der Waals surface area contributed by atoms with E-state index in [1.807, 2.05) is 30.5 Å². The fourth-order valence-corrected chi connectivity index (χ4v) is 5.04. The van der Waals surface area contributed by atoms with Crippen molar-refractivity contribution in [2.45, 2.75) is 37.6 Å². The Morgan fingerprint density at radius 1 is 1.03 bits per heavy atom. The number of hydrogen-bond donors (Lipinski definition) is 1. The number of amides is 1. The summed E-state index contributed by atoms with van der Waals surface area (Å²) in [5, 5.41) is 3.10. The van der Waals surface area contributed by atoms with Crippen LogP contribution < -0.4 is 10.1 Å². The van der Waals surface area contributed by atoms with Gasteiger partial charge in [0.25, 0.3) is 5.91 Å². The van der Waals surface area contributed by atoms with Gasteiger partial charge in [0.05, 0.1) is 7.11 Å². The van der Waals surface area contributed by atoms with E-state index in [9.17, 15) is 4.79 Å². The van der Waals surface area contributed by atoms with Crippen LogP contribution in [0.25, 0.3) is 0 Å². The first-order valence-electron chi connectivity index (χ1n) is 12.3. The number of aryl methyl sites for hydroxylation is 1. The van der Waals surface area contributed by atoms with Gasteiger partial charge in [-0.1, -0.05) is 72.8 Å². The third-order valence-corrected chi connectivity index (χ3v) is 6.91. The SMILES string of the molecule is COc1cccc(C2CCc3nc(C(=O)NCCC(c4ccccc4)c4ccccc4)cn3C2)c1. The molecule has 178 valence electrons. The van der Waals surface area contributed by atoms with E-state index >= 15 is 0 Å². The largest absolute Gasteiger partial charge is 0.497 e. The highest BCUT2D eigenvalue weighted by Gasteiger charge is 2.24. The standard InChI is InChI=1S/C30H31N3O2/c1-35-26-14-8-13-24(19-26)25-15-16-29-32-28(21-33(29)20-25)30(34)31-18-17-27(22-9-4-2-5-10-22)23-11-6-3-7-12-23/h2-14,19,21,25,27H,15-18,20H2,1H3,(H,31,34). The van der Waals surface area contributed by atoms with Gasteiger partial charge in [0.2, 0.25) is 0 Å². The molecule has 3 aromatic carbocycles. The van der Waals surface area contributed by atoms with Crippen molar-refractivity contribution < 1.29 is 9.53 Å². The molecule has 2 heterocycles. The van der Waals surface area contributed by atoms with Gasteiger partial charge in [-0.25, -0.2) is 4.98 Å². The van der Waals surface area contributed by atoms with E-state index in [1.165, 1.54) is 16.7 Å². The molecule has 35 heavy (non-hydrogen) atoms. The fourth-order valence-electron chi connectivity index (χ4n) is 5.04. The number of hydrogen-bond acceptors (Lipinski definition) is 3. The molecule has 0 spiro atoms. The molecule has 1 unspecified atom stereocenters. The van der Waals surface area contributed by atoms with Crippen LogP contribution in [-0.4, -0.2) is 29.1 Å². The summed E-state index contributed by atoms with van der Waals surface area (Å²) in [5.74, 6) is 2.38. The van der Waals surface area contributed by atoms with Gasteiger partial charge in [-0.15, -0.1) is 0 Å². The van der Waals surface area contributed by atoms with Gasteiger partial charge in [-0.2, -0.15) is 0 Å². The Morgan fingerprint density at radius 3 is 2.43 bits per heavy atom. The number of ether oxygens (including phenoxy) is 1. The Balaban J connectivity index is 1.23. The predicted octanol–water partition coefficient (Wildman–Crippen LogP) is 5.57. The zero-order valence-electron chi connectivity index (χ0n) is 20.1. The molecule has 5 heteroatoms. The highest BCUT2D eigenvalue weighted by molar-refractivity contribution is 5.92. The van der Waals surface area contributed by atoms with Crippen LogP contribution in [0.3, 0.4) is 0 Å². The van der Waals surface area contributed by atoms with Gasteiger partial charge in [-0.05, 0) is 41.7 Å². The highest BCUT2D eigenvalue weighted by atomic mass is 16.5. The maximum Gasteiger partial charge on any atom is 0.271 e. The first-order valence-corrected chi connectivity index (χ1v) is 12.3. The molecule has 5 rings (SSSR count). The summed E-state index contributed by atoms with van der Waals surface area (Å²) in [6.07, 6.45) is 4.61. The van der Waals surface area contributed by atoms with E-state index in [0.717, 1.165) is 37.4 Å². The second-order valence-corrected chi connectivity index (χ2v) is 9.13. The molecular formula is C30H31N3O2. The van der Waals surface area contributed by atoms with Crippen LogP contribution in [0, 0.1) is 0 Å². The number of nitrogens with zero attached hydrogens (tertiary/aromatic N) is 2. The van der Waals surface area contributed by atoms with E-state index in [-0.39, 0.29) is 11.8 Å². The van der Waals surface area contributed by atoms with Crippen LogP contribution in [0.15, 0.2) is 91.1 Å². The molecule has 1 N–H and O–H groups in total. The molecule has 0 fully saturated rings. The first kappa shape index (κ1) is 22.9. The summed E-state index contributed by atoms with van der Waals surface area (Å²) >= 11 is 0. The molecule has 5 nitrogen and oxygen atoms in total. The molecule has 0 saturated heterocycles. The number of carbonyl (C=O) groups excluding carboxylic acids is 1. The van der Waals surface area contributed by atoms with Gasteiger partial charge in [-0.3, -0.25) is 4.79 Å². The van der Waals surface area contributed by atoms with Gasteiger partial charge < -0.3 is 14.6 Å². The lowest BCUT2D eigenvalue weighted by molar-refractivity contribution is 0.0948. The number of fused-ring (bicyclic) bond motifs is 1. The van der Waals surface area contributed by atoms with Crippen molar-refractivity contribution in [3.63, 3.8) is 0 Å². The molecule has 0 saturated carbocycles. The fraction of sp³-hybridized carbons (Fsp3) is 0.267. The molecular weight excluding hydrogens is 434 g/mol. The van der Waals surface area contributed by atoms with E-state index < -0.39 is 0 Å². The van der Waals surface area contributed by atoms with Crippen molar-refractivity contribution in [1.82, 2.24) is 14.9 Å². The Bertz CT molecular complexity index is 1230. The summed E-state index contributed by atoms with van der Waals surface area (Å²) in [7, 11) is 1.70. The topological polar surface area (TPSA) is 56.1 Å². The summed E-state index contributed by atoms with van der Waals surface area (Å²) in [6, 6.07) is 29.2. The van der Waals surface area contributed by atoms with Crippen LogP contribution in [0.1, 0.15) is 57.7 Å². The Labute approximate surface area is 206 Å². The monoisotopic (exact) mass is 465 g/mol. The Hall–Kier alpha value is -3.86. The number of carbonyl (C=O) groups is 1. The van der Waals surface area contributed by atoms with Crippen molar-refractivity contribution in [3.8, 4) is 5.75 Å². The van der Waals surface area contributed by atoms with Crippen molar-refractivity contribution >= 4 is 5.91 Å². The minimum absolute atomic E-state index is 0.107. The van der Waals surface area contributed by atoms with Gasteiger partial charge in [0, 0.05) is 37.5 Å². The average molecular weight is 466 g/mol. The van der Waals surface area contributed by atoms with Crippen molar-refractivity contribution in [2.75, 3.05) is 13.7 Å². The second kappa shape index (κ2) is 10.6. The predicted molar refractivity (Wildman–Crippen MR) is 138 cm³/mol. The van der Waals surface area contributed by atoms with Gasteiger partial charge in [0.15, 0.2) is 0 Å². The van der Waals surface area contributed by atoms with E-state index in [1.54, 1.807) is 7.11 Å². The number of methoxy groups -OCH3 is 1. The maximum atomic E-state index is 12.9. The van der Waals surface area contributed by atoms with E-state index in [4.69, 9.17) is 4.74 Å². The average Bonchev–Trinajstić information content (AvgIpc) is 3.36. The van der Waals surface area contributed by atoms with Crippen LogP contribution in [-0.2, 0) is 13.0 Å². The summed E-state index contributed by atoms with van der Waals surface area (Å²) in [4.78, 5) is 17.6. The lowest BCUT2D eigenvalue weighted by atomic mass is 9.88.